The molecule has 0 aliphatic rings. The summed E-state index contributed by atoms with van der Waals surface area (Å²) in [6.07, 6.45) is 1.97. The zero-order valence-corrected chi connectivity index (χ0v) is 9.12. The van der Waals surface area contributed by atoms with E-state index in [9.17, 15) is 0 Å². The molecule has 1 atom stereocenters. The van der Waals surface area contributed by atoms with Gasteiger partial charge in [-0.15, -0.1) is 0 Å². The second kappa shape index (κ2) is 5.42. The van der Waals surface area contributed by atoms with Crippen LogP contribution in [-0.4, -0.2) is 0 Å². The van der Waals surface area contributed by atoms with Crippen LogP contribution in [0.3, 0.4) is 0 Å². The van der Waals surface area contributed by atoms with Gasteiger partial charge in [-0.1, -0.05) is 51.1 Å². The maximum Gasteiger partial charge on any atom is 0.0109 e. The average Bonchev–Trinajstić information content (AvgIpc) is 1.98. The van der Waals surface area contributed by atoms with Crippen molar-refractivity contribution in [2.75, 3.05) is 0 Å². The number of rotatable bonds is 5. The fourth-order valence-corrected chi connectivity index (χ4v) is 1.24. The standard InChI is InChI=1S/C11H19Cl/c1-8(2)11(5)9(3)6-7-10(4)12/h8-9H,4-7H2,1-3H3. The van der Waals surface area contributed by atoms with Gasteiger partial charge in [-0.2, -0.15) is 0 Å². The van der Waals surface area contributed by atoms with Crippen LogP contribution in [0, 0.1) is 11.8 Å². The first kappa shape index (κ1) is 11.8. The molecule has 0 aromatic heterocycles. The predicted molar refractivity (Wildman–Crippen MR) is 57.4 cm³/mol. The Kier molecular flexibility index (Phi) is 5.32. The van der Waals surface area contributed by atoms with Gasteiger partial charge < -0.3 is 0 Å². The molecule has 0 amide bonds. The molecular formula is C11H19Cl. The van der Waals surface area contributed by atoms with Crippen molar-refractivity contribution >= 4 is 11.6 Å². The Labute approximate surface area is 81.3 Å². The third kappa shape index (κ3) is 4.61. The Bertz CT molecular complexity index is 168. The summed E-state index contributed by atoms with van der Waals surface area (Å²) in [5.41, 5.74) is 1.31. The molecule has 0 aromatic carbocycles. The van der Waals surface area contributed by atoms with Crippen LogP contribution in [0.15, 0.2) is 23.8 Å². The van der Waals surface area contributed by atoms with E-state index in [1.807, 2.05) is 0 Å². The van der Waals surface area contributed by atoms with Crippen LogP contribution in [-0.2, 0) is 0 Å². The van der Waals surface area contributed by atoms with Gasteiger partial charge in [0.25, 0.3) is 0 Å². The van der Waals surface area contributed by atoms with Crippen molar-refractivity contribution in [3.8, 4) is 0 Å². The third-order valence-electron chi connectivity index (χ3n) is 2.22. The summed E-state index contributed by atoms with van der Waals surface area (Å²) in [6.45, 7) is 14.3. The van der Waals surface area contributed by atoms with E-state index >= 15 is 0 Å². The van der Waals surface area contributed by atoms with Crippen LogP contribution < -0.4 is 0 Å². The molecule has 0 rings (SSSR count). The molecule has 12 heavy (non-hydrogen) atoms. The van der Waals surface area contributed by atoms with Crippen molar-refractivity contribution < 1.29 is 0 Å². The van der Waals surface area contributed by atoms with Gasteiger partial charge in [-0.25, -0.2) is 0 Å². The van der Waals surface area contributed by atoms with Crippen molar-refractivity contribution in [2.45, 2.75) is 33.6 Å². The zero-order valence-electron chi connectivity index (χ0n) is 8.36. The number of hydrogen-bond acceptors (Lipinski definition) is 0. The Morgan fingerprint density at radius 3 is 2.08 bits per heavy atom. The number of halogens is 1. The summed E-state index contributed by atoms with van der Waals surface area (Å²) in [5, 5.41) is 0.749. The highest BCUT2D eigenvalue weighted by atomic mass is 35.5. The van der Waals surface area contributed by atoms with Gasteiger partial charge >= 0.3 is 0 Å². The SMILES string of the molecule is C=C(Cl)CCC(C)C(=C)C(C)C. The highest BCUT2D eigenvalue weighted by Gasteiger charge is 2.09. The summed E-state index contributed by atoms with van der Waals surface area (Å²) >= 11 is 5.68. The first-order valence-corrected chi connectivity index (χ1v) is 4.85. The number of hydrogen-bond donors (Lipinski definition) is 0. The van der Waals surface area contributed by atoms with Crippen molar-refractivity contribution in [2.24, 2.45) is 11.8 Å². The normalized spacial score (nSPS) is 13.1. The van der Waals surface area contributed by atoms with Crippen LogP contribution in [0.2, 0.25) is 0 Å². The van der Waals surface area contributed by atoms with Gasteiger partial charge in [0.15, 0.2) is 0 Å². The molecule has 1 unspecified atom stereocenters. The van der Waals surface area contributed by atoms with Crippen LogP contribution >= 0.6 is 11.6 Å². The molecule has 0 N–H and O–H groups in total. The fraction of sp³-hybridized carbons (Fsp3) is 0.636. The summed E-state index contributed by atoms with van der Waals surface area (Å²) < 4.78 is 0. The van der Waals surface area contributed by atoms with Gasteiger partial charge in [-0.05, 0) is 24.7 Å². The van der Waals surface area contributed by atoms with E-state index in [-0.39, 0.29) is 0 Å². The predicted octanol–water partition coefficient (Wildman–Crippen LogP) is 4.37. The lowest BCUT2D eigenvalue weighted by atomic mass is 9.89. The van der Waals surface area contributed by atoms with E-state index < -0.39 is 0 Å². The van der Waals surface area contributed by atoms with Gasteiger partial charge in [0.05, 0.1) is 0 Å². The fourth-order valence-electron chi connectivity index (χ4n) is 1.13. The lowest BCUT2D eigenvalue weighted by Crippen LogP contribution is -2.04. The molecule has 0 fully saturated rings. The zero-order chi connectivity index (χ0) is 9.72. The first-order valence-electron chi connectivity index (χ1n) is 4.47. The summed E-state index contributed by atoms with van der Waals surface area (Å²) in [7, 11) is 0. The minimum atomic E-state index is 0.556. The van der Waals surface area contributed by atoms with Gasteiger partial charge in [0.2, 0.25) is 0 Å². The van der Waals surface area contributed by atoms with Crippen LogP contribution in [0.1, 0.15) is 33.6 Å². The topological polar surface area (TPSA) is 0 Å². The van der Waals surface area contributed by atoms with Crippen LogP contribution in [0.5, 0.6) is 0 Å². The van der Waals surface area contributed by atoms with Crippen molar-refractivity contribution in [3.63, 3.8) is 0 Å². The van der Waals surface area contributed by atoms with E-state index in [0.29, 0.717) is 11.8 Å². The molecule has 0 saturated heterocycles. The molecule has 0 nitrogen and oxygen atoms in total. The largest absolute Gasteiger partial charge is 0.0993 e. The van der Waals surface area contributed by atoms with Gasteiger partial charge in [0, 0.05) is 5.03 Å². The third-order valence-corrected chi connectivity index (χ3v) is 2.41. The Morgan fingerprint density at radius 2 is 1.75 bits per heavy atom. The number of allylic oxidation sites excluding steroid dienone is 2. The van der Waals surface area contributed by atoms with Gasteiger partial charge in [-0.3, -0.25) is 0 Å². The van der Waals surface area contributed by atoms with E-state index in [1.54, 1.807) is 0 Å². The molecule has 0 radical (unpaired) electrons. The summed E-state index contributed by atoms with van der Waals surface area (Å²) in [5.74, 6) is 1.13. The van der Waals surface area contributed by atoms with Crippen molar-refractivity contribution in [1.82, 2.24) is 0 Å². The maximum absolute atomic E-state index is 5.68. The van der Waals surface area contributed by atoms with Crippen molar-refractivity contribution in [3.05, 3.63) is 23.8 Å². The lowest BCUT2D eigenvalue weighted by molar-refractivity contribution is 0.550. The Morgan fingerprint density at radius 1 is 1.25 bits per heavy atom. The molecule has 0 aliphatic heterocycles. The smallest absolute Gasteiger partial charge is 0.0109 e. The minimum Gasteiger partial charge on any atom is -0.0993 e. The van der Waals surface area contributed by atoms with E-state index in [2.05, 4.69) is 33.9 Å². The quantitative estimate of drug-likeness (QED) is 0.560. The molecule has 0 bridgehead atoms. The van der Waals surface area contributed by atoms with Crippen molar-refractivity contribution in [1.29, 1.82) is 0 Å². The monoisotopic (exact) mass is 186 g/mol. The molecule has 0 heterocycles. The van der Waals surface area contributed by atoms with E-state index in [4.69, 9.17) is 11.6 Å². The van der Waals surface area contributed by atoms with E-state index in [1.165, 1.54) is 5.57 Å². The first-order chi connectivity index (χ1) is 5.45. The molecular weight excluding hydrogens is 168 g/mol. The Balaban J connectivity index is 3.79. The highest BCUT2D eigenvalue weighted by molar-refractivity contribution is 6.29. The van der Waals surface area contributed by atoms with Crippen LogP contribution in [0.4, 0.5) is 0 Å². The van der Waals surface area contributed by atoms with Gasteiger partial charge in [0.1, 0.15) is 0 Å². The molecule has 1 heteroatoms. The maximum atomic E-state index is 5.68. The molecule has 0 aromatic rings. The molecule has 0 spiro atoms. The summed E-state index contributed by atoms with van der Waals surface area (Å²) in [4.78, 5) is 0. The Hall–Kier alpha value is -0.230. The minimum absolute atomic E-state index is 0.556. The molecule has 0 saturated carbocycles. The lowest BCUT2D eigenvalue weighted by Gasteiger charge is -2.17. The summed E-state index contributed by atoms with van der Waals surface area (Å²) in [6, 6.07) is 0. The molecule has 70 valence electrons. The average molecular weight is 187 g/mol. The van der Waals surface area contributed by atoms with E-state index in [0.717, 1.165) is 17.9 Å². The molecule has 0 aliphatic carbocycles. The highest BCUT2D eigenvalue weighted by Crippen LogP contribution is 2.23. The second-order valence-electron chi connectivity index (χ2n) is 3.69. The van der Waals surface area contributed by atoms with Crippen LogP contribution in [0.25, 0.3) is 0 Å². The second-order valence-corrected chi connectivity index (χ2v) is 4.22.